The Morgan fingerprint density at radius 2 is 1.76 bits per heavy atom. The van der Waals surface area contributed by atoms with Gasteiger partial charge >= 0.3 is 17.9 Å². The Morgan fingerprint density at radius 3 is 2.53 bits per heavy atom. The van der Waals surface area contributed by atoms with Crippen LogP contribution < -0.4 is 0 Å². The first kappa shape index (κ1) is 39.8. The lowest BCUT2D eigenvalue weighted by molar-refractivity contribution is -0.161. The Hall–Kier alpha value is -2.38. The fraction of sp³-hybridized carbons (Fsp3) is 0.860. The average Bonchev–Trinajstić information content (AvgIpc) is 3.45. The van der Waals surface area contributed by atoms with Crippen molar-refractivity contribution in [3.63, 3.8) is 0 Å². The molecular weight excluding hydrogens is 642 g/mol. The van der Waals surface area contributed by atoms with Crippen molar-refractivity contribution in [1.82, 2.24) is 4.90 Å². The van der Waals surface area contributed by atoms with Crippen molar-refractivity contribution in [2.45, 2.75) is 157 Å². The van der Waals surface area contributed by atoms with Gasteiger partial charge in [0.15, 0.2) is 0 Å². The summed E-state index contributed by atoms with van der Waals surface area (Å²) in [6, 6.07) is 0. The monoisotopic (exact) mass is 712 g/mol. The zero-order valence-corrected chi connectivity index (χ0v) is 32.9. The van der Waals surface area contributed by atoms with E-state index < -0.39 is 17.9 Å². The lowest BCUT2D eigenvalue weighted by Crippen LogP contribution is -2.51. The minimum Gasteiger partial charge on any atom is -0.465 e. The van der Waals surface area contributed by atoms with Crippen LogP contribution in [0.4, 0.5) is 0 Å². The molecule has 3 saturated carbocycles. The van der Waals surface area contributed by atoms with Gasteiger partial charge in [0.05, 0.1) is 18.9 Å². The molecule has 9 atom stereocenters. The third-order valence-electron chi connectivity index (χ3n) is 14.3. The molecule has 4 fully saturated rings. The van der Waals surface area contributed by atoms with E-state index in [0.717, 1.165) is 67.6 Å². The predicted molar refractivity (Wildman–Crippen MR) is 198 cm³/mol. The summed E-state index contributed by atoms with van der Waals surface area (Å²) in [5.41, 5.74) is 2.17. The Balaban J connectivity index is 1.16. The van der Waals surface area contributed by atoms with Crippen LogP contribution in [0.15, 0.2) is 11.6 Å². The van der Waals surface area contributed by atoms with Gasteiger partial charge in [0.25, 0.3) is 0 Å². The summed E-state index contributed by atoms with van der Waals surface area (Å²) < 4.78 is 16.8. The zero-order valence-electron chi connectivity index (χ0n) is 32.9. The average molecular weight is 712 g/mol. The Bertz CT molecular complexity index is 1260. The van der Waals surface area contributed by atoms with Crippen LogP contribution in [0.25, 0.3) is 0 Å². The summed E-state index contributed by atoms with van der Waals surface area (Å²) in [4.78, 5) is 52.5. The Kier molecular flexibility index (Phi) is 13.8. The second kappa shape index (κ2) is 17.6. The number of fused-ring (bicyclic) bond motifs is 5. The SMILES string of the molecule is CCOC(=O)CN1CCC(=O)OCC(C(=O)O[C@H]2CC[C@@]3(C)C(=CCC4C3CC[C@@]3(C)C4CC[C@@H]3C(C)CCCC(C)C)C2)CCCCCC1=O. The number of amides is 1. The normalized spacial score (nSPS) is 35.5. The molecule has 8 nitrogen and oxygen atoms in total. The molecule has 5 rings (SSSR count). The lowest BCUT2D eigenvalue weighted by atomic mass is 9.47. The van der Waals surface area contributed by atoms with E-state index in [2.05, 4.69) is 40.7 Å². The number of carbonyl (C=O) groups excluding carboxylic acids is 4. The van der Waals surface area contributed by atoms with Crippen LogP contribution >= 0.6 is 0 Å². The topological polar surface area (TPSA) is 99.2 Å². The highest BCUT2D eigenvalue weighted by Crippen LogP contribution is 2.67. The number of hydrogen-bond acceptors (Lipinski definition) is 7. The molecule has 1 heterocycles. The summed E-state index contributed by atoms with van der Waals surface area (Å²) in [5, 5.41) is 0. The zero-order chi connectivity index (χ0) is 36.8. The quantitative estimate of drug-likeness (QED) is 0.127. The fourth-order valence-corrected chi connectivity index (χ4v) is 11.4. The molecular formula is C43H69NO7. The van der Waals surface area contributed by atoms with Crippen molar-refractivity contribution in [3.05, 3.63) is 11.6 Å². The third kappa shape index (κ3) is 9.41. The van der Waals surface area contributed by atoms with Gasteiger partial charge in [0.2, 0.25) is 5.91 Å². The maximum Gasteiger partial charge on any atom is 0.325 e. The summed E-state index contributed by atoms with van der Waals surface area (Å²) in [6.45, 7) is 14.3. The van der Waals surface area contributed by atoms with Crippen LogP contribution in [-0.2, 0) is 33.4 Å². The molecule has 1 aliphatic heterocycles. The van der Waals surface area contributed by atoms with Gasteiger partial charge in [0, 0.05) is 19.4 Å². The lowest BCUT2D eigenvalue weighted by Gasteiger charge is -2.58. The molecule has 1 amide bonds. The van der Waals surface area contributed by atoms with Gasteiger partial charge < -0.3 is 19.1 Å². The first-order chi connectivity index (χ1) is 24.4. The van der Waals surface area contributed by atoms with E-state index in [4.69, 9.17) is 14.2 Å². The molecule has 0 radical (unpaired) electrons. The van der Waals surface area contributed by atoms with Gasteiger partial charge in [-0.15, -0.1) is 0 Å². The first-order valence-electron chi connectivity index (χ1n) is 20.8. The third-order valence-corrected chi connectivity index (χ3v) is 14.3. The molecule has 0 N–H and O–H groups in total. The number of esters is 3. The largest absolute Gasteiger partial charge is 0.465 e. The molecule has 288 valence electrons. The Labute approximate surface area is 308 Å². The highest BCUT2D eigenvalue weighted by Gasteiger charge is 2.59. The van der Waals surface area contributed by atoms with E-state index in [-0.39, 0.29) is 56.1 Å². The van der Waals surface area contributed by atoms with Crippen molar-refractivity contribution >= 4 is 23.8 Å². The van der Waals surface area contributed by atoms with Crippen molar-refractivity contribution in [2.75, 3.05) is 26.3 Å². The van der Waals surface area contributed by atoms with Crippen LogP contribution in [0.1, 0.15) is 151 Å². The molecule has 0 spiro atoms. The maximum absolute atomic E-state index is 13.6. The van der Waals surface area contributed by atoms with Crippen molar-refractivity contribution in [1.29, 1.82) is 0 Å². The number of carbonyl (C=O) groups is 4. The number of nitrogens with zero attached hydrogens (tertiary/aromatic N) is 1. The van der Waals surface area contributed by atoms with Crippen LogP contribution in [-0.4, -0.2) is 61.1 Å². The molecule has 0 aromatic heterocycles. The van der Waals surface area contributed by atoms with Gasteiger partial charge in [0.1, 0.15) is 19.3 Å². The minimum atomic E-state index is -0.516. The second-order valence-corrected chi connectivity index (χ2v) is 17.9. The molecule has 51 heavy (non-hydrogen) atoms. The summed E-state index contributed by atoms with van der Waals surface area (Å²) in [6.07, 6.45) is 18.9. The fourth-order valence-electron chi connectivity index (χ4n) is 11.4. The standard InChI is InChI=1S/C43H69NO7/c1-7-49-40(47)27-44-25-22-39(46)50-28-31(14-9-8-10-15-38(44)45)41(48)51-33-20-23-42(5)32(26-33)16-17-34-36-19-18-35(30(4)13-11-12-29(2)3)43(36,6)24-21-37(34)42/h16,29-31,33-37H,7-15,17-28H2,1-6H3/t30?,31?,33-,34?,35+,36?,37?,42-,43+/m0/s1. The van der Waals surface area contributed by atoms with E-state index in [0.29, 0.717) is 24.7 Å². The van der Waals surface area contributed by atoms with Gasteiger partial charge in [-0.1, -0.05) is 78.4 Å². The summed E-state index contributed by atoms with van der Waals surface area (Å²) in [5.74, 6) is 2.86. The Morgan fingerprint density at radius 1 is 0.961 bits per heavy atom. The van der Waals surface area contributed by atoms with Gasteiger partial charge in [-0.3, -0.25) is 19.2 Å². The molecule has 4 aliphatic carbocycles. The van der Waals surface area contributed by atoms with Gasteiger partial charge in [-0.25, -0.2) is 0 Å². The van der Waals surface area contributed by atoms with Crippen LogP contribution in [0, 0.1) is 52.3 Å². The maximum atomic E-state index is 13.6. The number of rotatable bonds is 10. The highest BCUT2D eigenvalue weighted by molar-refractivity contribution is 5.82. The molecule has 0 aromatic rings. The molecule has 0 aromatic carbocycles. The smallest absolute Gasteiger partial charge is 0.325 e. The number of hydrogen-bond donors (Lipinski definition) is 0. The van der Waals surface area contributed by atoms with E-state index in [1.807, 2.05) is 0 Å². The highest BCUT2D eigenvalue weighted by atomic mass is 16.6. The van der Waals surface area contributed by atoms with E-state index >= 15 is 0 Å². The molecule has 5 unspecified atom stereocenters. The van der Waals surface area contributed by atoms with E-state index in [9.17, 15) is 19.2 Å². The minimum absolute atomic E-state index is 0.0160. The van der Waals surface area contributed by atoms with Gasteiger partial charge in [-0.05, 0) is 111 Å². The second-order valence-electron chi connectivity index (χ2n) is 17.9. The molecule has 0 bridgehead atoms. The molecule has 1 saturated heterocycles. The van der Waals surface area contributed by atoms with E-state index in [1.54, 1.807) is 6.92 Å². The predicted octanol–water partition coefficient (Wildman–Crippen LogP) is 8.84. The molecule has 5 aliphatic rings. The summed E-state index contributed by atoms with van der Waals surface area (Å²) >= 11 is 0. The van der Waals surface area contributed by atoms with Gasteiger partial charge in [-0.2, -0.15) is 0 Å². The number of allylic oxidation sites excluding steroid dienone is 1. The van der Waals surface area contributed by atoms with Crippen molar-refractivity contribution in [3.8, 4) is 0 Å². The van der Waals surface area contributed by atoms with Crippen molar-refractivity contribution in [2.24, 2.45) is 52.3 Å². The van der Waals surface area contributed by atoms with Crippen molar-refractivity contribution < 1.29 is 33.4 Å². The number of cyclic esters (lactones) is 1. The van der Waals surface area contributed by atoms with Crippen LogP contribution in [0.3, 0.4) is 0 Å². The van der Waals surface area contributed by atoms with Crippen LogP contribution in [0.2, 0.25) is 0 Å². The van der Waals surface area contributed by atoms with E-state index in [1.165, 1.54) is 61.8 Å². The molecule has 8 heteroatoms. The number of ether oxygens (including phenoxy) is 3. The van der Waals surface area contributed by atoms with Crippen LogP contribution in [0.5, 0.6) is 0 Å². The first-order valence-corrected chi connectivity index (χ1v) is 20.8. The summed E-state index contributed by atoms with van der Waals surface area (Å²) in [7, 11) is 0.